The van der Waals surface area contributed by atoms with Crippen LogP contribution in [0, 0.1) is 6.92 Å². The Morgan fingerprint density at radius 3 is 2.47 bits per heavy atom. The topological polar surface area (TPSA) is 102 Å². The van der Waals surface area contributed by atoms with Crippen LogP contribution in [0.2, 0.25) is 0 Å². The number of pyridine rings is 2. The van der Waals surface area contributed by atoms with E-state index in [4.69, 9.17) is 4.98 Å². The Balaban J connectivity index is 0.00000274. The van der Waals surface area contributed by atoms with Crippen LogP contribution < -0.4 is 16.2 Å². The molecule has 1 saturated heterocycles. The monoisotopic (exact) mass is 574 g/mol. The van der Waals surface area contributed by atoms with Gasteiger partial charge in [-0.15, -0.1) is 24.0 Å². The van der Waals surface area contributed by atoms with Crippen molar-refractivity contribution in [1.29, 1.82) is 0 Å². The molecule has 34 heavy (non-hydrogen) atoms. The van der Waals surface area contributed by atoms with Crippen molar-refractivity contribution in [3.63, 3.8) is 0 Å². The molecule has 2 N–H and O–H groups in total. The predicted molar refractivity (Wildman–Crippen MR) is 144 cm³/mol. The Bertz CT molecular complexity index is 1240. The molecule has 0 atom stereocenters. The van der Waals surface area contributed by atoms with E-state index in [2.05, 4.69) is 26.7 Å². The largest absolute Gasteiger partial charge is 0.317 e. The number of nitrogens with zero attached hydrogens (tertiary/aromatic N) is 4. The number of ketones is 1. The zero-order chi connectivity index (χ0) is 22.9. The number of hydrogen-bond acceptors (Lipinski definition) is 7. The second-order valence-corrected chi connectivity index (χ2v) is 9.23. The van der Waals surface area contributed by atoms with Gasteiger partial charge in [-0.2, -0.15) is 4.98 Å². The molecule has 2 fully saturated rings. The SMILES string of the molecule is CC(=O)c1c(C)c2cnc(Nc3ccc(C4CCNCC4)cn3)nc2n(C2CCCC2)c1=O.I. The average molecular weight is 574 g/mol. The second-order valence-electron chi connectivity index (χ2n) is 9.23. The highest BCUT2D eigenvalue weighted by atomic mass is 127. The normalized spacial score (nSPS) is 17.0. The van der Waals surface area contributed by atoms with E-state index in [1.165, 1.54) is 12.5 Å². The standard InChI is InChI=1S/C25H30N6O2.HI/c1-15-20-14-28-25(29-21-8-7-18(13-27-21)17-9-11-26-12-10-17)30-23(20)31(19-5-3-4-6-19)24(33)22(15)16(2)32;/h7-8,13-14,17,19,26H,3-6,9-12H2,1-2H3,(H,27,28,29,30);1H. The van der Waals surface area contributed by atoms with E-state index in [9.17, 15) is 9.59 Å². The molecule has 0 radical (unpaired) electrons. The van der Waals surface area contributed by atoms with Crippen LogP contribution in [-0.4, -0.2) is 38.4 Å². The molecule has 180 valence electrons. The Morgan fingerprint density at radius 1 is 1.09 bits per heavy atom. The molecule has 0 amide bonds. The average Bonchev–Trinajstić information content (AvgIpc) is 3.34. The predicted octanol–water partition coefficient (Wildman–Crippen LogP) is 4.64. The van der Waals surface area contributed by atoms with Crippen molar-refractivity contribution in [2.75, 3.05) is 18.4 Å². The van der Waals surface area contributed by atoms with Gasteiger partial charge in [-0.05, 0) is 75.7 Å². The molecule has 1 aliphatic carbocycles. The van der Waals surface area contributed by atoms with Gasteiger partial charge in [0, 0.05) is 23.8 Å². The van der Waals surface area contributed by atoms with E-state index in [1.807, 2.05) is 12.3 Å². The second kappa shape index (κ2) is 10.5. The lowest BCUT2D eigenvalue weighted by Crippen LogP contribution is -2.30. The van der Waals surface area contributed by atoms with Crippen molar-refractivity contribution < 1.29 is 4.79 Å². The van der Waals surface area contributed by atoms with E-state index in [0.29, 0.717) is 28.9 Å². The number of carbonyl (C=O) groups is 1. The summed E-state index contributed by atoms with van der Waals surface area (Å²) in [5, 5.41) is 7.33. The number of piperidine rings is 1. The van der Waals surface area contributed by atoms with Gasteiger partial charge in [0.05, 0.1) is 5.56 Å². The number of aromatic nitrogens is 4. The maximum atomic E-state index is 13.3. The van der Waals surface area contributed by atoms with Gasteiger partial charge in [0.25, 0.3) is 5.56 Å². The zero-order valence-electron chi connectivity index (χ0n) is 19.6. The van der Waals surface area contributed by atoms with E-state index in [0.717, 1.165) is 57.0 Å². The Hall–Kier alpha value is -2.40. The summed E-state index contributed by atoms with van der Waals surface area (Å²) < 4.78 is 1.73. The van der Waals surface area contributed by atoms with Crippen LogP contribution in [0.15, 0.2) is 29.3 Å². The highest BCUT2D eigenvalue weighted by Gasteiger charge is 2.26. The van der Waals surface area contributed by atoms with Gasteiger partial charge in [0.2, 0.25) is 5.95 Å². The van der Waals surface area contributed by atoms with E-state index >= 15 is 0 Å². The van der Waals surface area contributed by atoms with Crippen LogP contribution in [-0.2, 0) is 0 Å². The van der Waals surface area contributed by atoms with E-state index in [-0.39, 0.29) is 46.9 Å². The molecule has 1 saturated carbocycles. The Labute approximate surface area is 216 Å². The fourth-order valence-corrected chi connectivity index (χ4v) is 5.30. The first-order valence-corrected chi connectivity index (χ1v) is 11.9. The molecule has 0 aromatic carbocycles. The third kappa shape index (κ3) is 4.72. The van der Waals surface area contributed by atoms with Crippen molar-refractivity contribution in [2.45, 2.75) is 64.3 Å². The molecule has 4 heterocycles. The number of fused-ring (bicyclic) bond motifs is 1. The Kier molecular flexibility index (Phi) is 7.61. The first kappa shape index (κ1) is 24.7. The van der Waals surface area contributed by atoms with Crippen molar-refractivity contribution in [3.05, 3.63) is 51.6 Å². The van der Waals surface area contributed by atoms with Crippen LogP contribution in [0.1, 0.15) is 78.9 Å². The lowest BCUT2D eigenvalue weighted by Gasteiger charge is -2.22. The molecule has 9 heteroatoms. The third-order valence-corrected chi connectivity index (χ3v) is 7.09. The molecular weight excluding hydrogens is 543 g/mol. The van der Waals surface area contributed by atoms with Gasteiger partial charge < -0.3 is 10.6 Å². The molecule has 0 unspecified atom stereocenters. The summed E-state index contributed by atoms with van der Waals surface area (Å²) >= 11 is 0. The zero-order valence-corrected chi connectivity index (χ0v) is 22.0. The maximum absolute atomic E-state index is 13.3. The van der Waals surface area contributed by atoms with E-state index in [1.54, 1.807) is 17.7 Å². The molecule has 5 rings (SSSR count). The van der Waals surface area contributed by atoms with Crippen molar-refractivity contribution >= 4 is 52.6 Å². The first-order valence-electron chi connectivity index (χ1n) is 11.9. The summed E-state index contributed by atoms with van der Waals surface area (Å²) in [6.45, 7) is 5.34. The maximum Gasteiger partial charge on any atom is 0.263 e. The molecule has 3 aromatic heterocycles. The van der Waals surface area contributed by atoms with Crippen LogP contribution in [0.3, 0.4) is 0 Å². The summed E-state index contributed by atoms with van der Waals surface area (Å²) in [5.74, 6) is 1.39. The molecule has 0 bridgehead atoms. The van der Waals surface area contributed by atoms with Crippen molar-refractivity contribution in [2.24, 2.45) is 0 Å². The lowest BCUT2D eigenvalue weighted by molar-refractivity contribution is 0.101. The minimum absolute atomic E-state index is 0. The van der Waals surface area contributed by atoms with Gasteiger partial charge in [0.1, 0.15) is 11.5 Å². The van der Waals surface area contributed by atoms with Crippen molar-refractivity contribution in [3.8, 4) is 0 Å². The fraction of sp³-hybridized carbons (Fsp3) is 0.480. The van der Waals surface area contributed by atoms with Crippen LogP contribution in [0.5, 0.6) is 0 Å². The van der Waals surface area contributed by atoms with Gasteiger partial charge >= 0.3 is 0 Å². The summed E-state index contributed by atoms with van der Waals surface area (Å²) in [7, 11) is 0. The van der Waals surface area contributed by atoms with Crippen molar-refractivity contribution in [1.82, 2.24) is 24.8 Å². The van der Waals surface area contributed by atoms with Crippen LogP contribution in [0.4, 0.5) is 11.8 Å². The van der Waals surface area contributed by atoms with Gasteiger partial charge in [-0.25, -0.2) is 9.97 Å². The molecule has 3 aromatic rings. The number of nitrogens with one attached hydrogen (secondary N) is 2. The summed E-state index contributed by atoms with van der Waals surface area (Å²) in [6.07, 6.45) is 9.88. The number of aryl methyl sites for hydroxylation is 1. The number of halogens is 1. The summed E-state index contributed by atoms with van der Waals surface area (Å²) in [5.41, 5.74) is 2.48. The smallest absolute Gasteiger partial charge is 0.263 e. The molecule has 0 spiro atoms. The first-order chi connectivity index (χ1) is 16.0. The molecular formula is C25H31IN6O2. The Morgan fingerprint density at radius 2 is 1.82 bits per heavy atom. The fourth-order valence-electron chi connectivity index (χ4n) is 5.30. The highest BCUT2D eigenvalue weighted by molar-refractivity contribution is 14.0. The number of Topliss-reactive ketones (excluding diaryl/α,β-unsaturated/α-hetero) is 1. The molecule has 1 aliphatic heterocycles. The van der Waals surface area contributed by atoms with Crippen LogP contribution in [0.25, 0.3) is 11.0 Å². The summed E-state index contributed by atoms with van der Waals surface area (Å²) in [4.78, 5) is 39.4. The van der Waals surface area contributed by atoms with Gasteiger partial charge in [-0.1, -0.05) is 18.9 Å². The molecule has 8 nitrogen and oxygen atoms in total. The van der Waals surface area contributed by atoms with Crippen LogP contribution >= 0.6 is 24.0 Å². The minimum atomic E-state index is -0.242. The summed E-state index contributed by atoms with van der Waals surface area (Å²) in [6, 6.07) is 4.13. The van der Waals surface area contributed by atoms with Gasteiger partial charge in [0.15, 0.2) is 5.78 Å². The highest BCUT2D eigenvalue weighted by Crippen LogP contribution is 2.32. The van der Waals surface area contributed by atoms with E-state index < -0.39 is 0 Å². The molecule has 2 aliphatic rings. The number of hydrogen-bond donors (Lipinski definition) is 2. The quantitative estimate of drug-likeness (QED) is 0.338. The minimum Gasteiger partial charge on any atom is -0.317 e. The van der Waals surface area contributed by atoms with Gasteiger partial charge in [-0.3, -0.25) is 14.2 Å². The lowest BCUT2D eigenvalue weighted by atomic mass is 9.91. The number of anilines is 2. The third-order valence-electron chi connectivity index (χ3n) is 7.09. The number of rotatable bonds is 5. The number of carbonyl (C=O) groups excluding carboxylic acids is 1.